The minimum Gasteiger partial charge on any atom is -0.480 e. The molecule has 30 heavy (non-hydrogen) atoms. The summed E-state index contributed by atoms with van der Waals surface area (Å²) in [4.78, 5) is 43.3. The Morgan fingerprint density at radius 3 is 2.27 bits per heavy atom. The number of aliphatic hydroxyl groups excluding tert-OH is 1. The van der Waals surface area contributed by atoms with Gasteiger partial charge in [-0.15, -0.1) is 10.0 Å². The summed E-state index contributed by atoms with van der Waals surface area (Å²) in [6.45, 7) is 6.79. The Hall–Kier alpha value is -2.10. The van der Waals surface area contributed by atoms with E-state index in [9.17, 15) is 24.6 Å². The van der Waals surface area contributed by atoms with Crippen molar-refractivity contribution in [2.75, 3.05) is 32.1 Å². The Morgan fingerprint density at radius 2 is 1.77 bits per heavy atom. The average molecular weight is 436 g/mol. The van der Waals surface area contributed by atoms with Crippen LogP contribution in [0.2, 0.25) is 0 Å². The quantitative estimate of drug-likeness (QED) is 0.695. The van der Waals surface area contributed by atoms with E-state index in [0.29, 0.717) is 13.1 Å². The number of aliphatic carboxylic acids is 1. The largest absolute Gasteiger partial charge is 0.480 e. The van der Waals surface area contributed by atoms with Crippen molar-refractivity contribution in [3.05, 3.63) is 35.9 Å². The number of hydrogen-bond donors (Lipinski definition) is 2. The normalized spacial score (nSPS) is 32.8. The van der Waals surface area contributed by atoms with Gasteiger partial charge in [-0.1, -0.05) is 30.3 Å². The lowest BCUT2D eigenvalue weighted by molar-refractivity contribution is -0.157. The van der Waals surface area contributed by atoms with Crippen molar-refractivity contribution in [1.82, 2.24) is 14.7 Å². The highest BCUT2D eigenvalue weighted by atomic mass is 32.3. The van der Waals surface area contributed by atoms with Crippen molar-refractivity contribution in [3.63, 3.8) is 0 Å². The summed E-state index contributed by atoms with van der Waals surface area (Å²) in [5.74, 6) is -1.74. The molecule has 0 bridgehead atoms. The minimum atomic E-state index is -2.45. The van der Waals surface area contributed by atoms with Gasteiger partial charge in [0, 0.05) is 37.5 Å². The lowest BCUT2D eigenvalue weighted by atomic mass is 9.98. The maximum absolute atomic E-state index is 13.8. The third-order valence-corrected chi connectivity index (χ3v) is 11.6. The molecule has 1 aromatic rings. The summed E-state index contributed by atoms with van der Waals surface area (Å²) in [5.41, 5.74) is 1.22. The zero-order valence-corrected chi connectivity index (χ0v) is 18.2. The molecule has 164 valence electrons. The minimum absolute atomic E-state index is 0.142. The van der Waals surface area contributed by atoms with Crippen molar-refractivity contribution < 1.29 is 24.6 Å². The molecule has 0 spiro atoms. The summed E-state index contributed by atoms with van der Waals surface area (Å²) in [6.07, 6.45) is 0.142. The first-order chi connectivity index (χ1) is 14.2. The first-order valence-electron chi connectivity index (χ1n) is 10.2. The number of aliphatic hydroxyl groups is 1. The lowest BCUT2D eigenvalue weighted by Gasteiger charge is -2.52. The summed E-state index contributed by atoms with van der Waals surface area (Å²) < 4.78 is -0.997. The van der Waals surface area contributed by atoms with Crippen LogP contribution in [-0.4, -0.2) is 90.3 Å². The molecule has 0 aromatic heterocycles. The molecule has 3 aliphatic rings. The maximum atomic E-state index is 13.8. The van der Waals surface area contributed by atoms with Crippen LogP contribution in [0.1, 0.15) is 25.8 Å². The van der Waals surface area contributed by atoms with Gasteiger partial charge >= 0.3 is 5.97 Å². The number of amides is 2. The highest BCUT2D eigenvalue weighted by Gasteiger charge is 2.72. The van der Waals surface area contributed by atoms with Gasteiger partial charge in [0.15, 0.2) is 0 Å². The van der Waals surface area contributed by atoms with E-state index in [1.54, 1.807) is 18.7 Å². The molecule has 2 N–H and O–H groups in total. The van der Waals surface area contributed by atoms with E-state index >= 15 is 0 Å². The maximum Gasteiger partial charge on any atom is 0.327 e. The van der Waals surface area contributed by atoms with Crippen molar-refractivity contribution in [2.24, 2.45) is 0 Å². The number of carbonyl (C=O) groups is 3. The topological polar surface area (TPSA) is 101 Å². The Kier molecular flexibility index (Phi) is 5.32. The second kappa shape index (κ2) is 7.55. The third-order valence-electron chi connectivity index (χ3n) is 6.92. The highest BCUT2D eigenvalue weighted by Crippen LogP contribution is 2.74. The molecule has 2 amide bonds. The number of nitrogens with zero attached hydrogens (tertiary/aromatic N) is 3. The number of carboxylic acids is 1. The molecule has 1 unspecified atom stereocenters. The number of benzene rings is 1. The van der Waals surface area contributed by atoms with Crippen LogP contribution in [-0.2, 0) is 16.1 Å². The molecule has 9 heteroatoms. The van der Waals surface area contributed by atoms with E-state index in [4.69, 9.17) is 0 Å². The van der Waals surface area contributed by atoms with Crippen LogP contribution < -0.4 is 0 Å². The predicted octanol–water partition coefficient (Wildman–Crippen LogP) is 1.48. The van der Waals surface area contributed by atoms with Gasteiger partial charge in [-0.05, 0) is 19.4 Å². The van der Waals surface area contributed by atoms with E-state index in [0.717, 1.165) is 19.6 Å². The van der Waals surface area contributed by atoms with Gasteiger partial charge in [0.2, 0.25) is 5.91 Å². The standard InChI is InChI=1S/C21H29N3O5S/c1-21(2)18(19(27)28)24-16(26)12-17(24)30(21,14-25)20(29)23-10-8-22(9-11-23)13-15-6-4-3-5-7-15/h3-7,17-18,25H,8-14H2,1-2H3,(H,27,28)/t17-,18+/m1/s1. The molecule has 3 saturated heterocycles. The summed E-state index contributed by atoms with van der Waals surface area (Å²) >= 11 is 0. The molecule has 3 atom stereocenters. The fourth-order valence-electron chi connectivity index (χ4n) is 5.16. The molecule has 3 heterocycles. The van der Waals surface area contributed by atoms with Crippen molar-refractivity contribution in [2.45, 2.75) is 43.0 Å². The van der Waals surface area contributed by atoms with E-state index in [1.807, 2.05) is 18.2 Å². The molecule has 0 aliphatic carbocycles. The average Bonchev–Trinajstić information content (AvgIpc) is 2.89. The van der Waals surface area contributed by atoms with E-state index in [-0.39, 0.29) is 23.5 Å². The first-order valence-corrected chi connectivity index (χ1v) is 12.1. The zero-order chi connectivity index (χ0) is 21.7. The fraction of sp³-hybridized carbons (Fsp3) is 0.571. The van der Waals surface area contributed by atoms with Crippen LogP contribution in [0.25, 0.3) is 0 Å². The van der Waals surface area contributed by atoms with Crippen LogP contribution in [0, 0.1) is 0 Å². The third kappa shape index (κ3) is 2.94. The number of piperazine rings is 1. The highest BCUT2D eigenvalue weighted by molar-refractivity contribution is 8.46. The molecule has 3 fully saturated rings. The number of hydrogen-bond acceptors (Lipinski definition) is 5. The molecule has 3 aliphatic heterocycles. The van der Waals surface area contributed by atoms with Gasteiger partial charge in [-0.3, -0.25) is 14.5 Å². The Bertz CT molecular complexity index is 855. The van der Waals surface area contributed by atoms with Crippen LogP contribution in [0.15, 0.2) is 30.3 Å². The fourth-order valence-corrected chi connectivity index (χ4v) is 9.47. The molecular weight excluding hydrogens is 406 g/mol. The number of rotatable bonds is 4. The number of β-lactam (4-membered cyclic amide) rings is 1. The van der Waals surface area contributed by atoms with E-state index in [1.165, 1.54) is 10.5 Å². The van der Waals surface area contributed by atoms with Crippen molar-refractivity contribution in [3.8, 4) is 0 Å². The molecule has 1 aromatic carbocycles. The van der Waals surface area contributed by atoms with Crippen LogP contribution in [0.3, 0.4) is 0 Å². The SMILES string of the molecule is CC1(C)[C@H](C(=O)O)N2C(=O)C[C@H]2S1(CO)C(=O)N1CCN(Cc2ccccc2)CC1. The predicted molar refractivity (Wildman–Crippen MR) is 114 cm³/mol. The van der Waals surface area contributed by atoms with Gasteiger partial charge < -0.3 is 20.0 Å². The summed E-state index contributed by atoms with van der Waals surface area (Å²) in [7, 11) is -2.45. The van der Waals surface area contributed by atoms with Gasteiger partial charge in [0.05, 0.1) is 17.7 Å². The van der Waals surface area contributed by atoms with E-state index in [2.05, 4.69) is 17.0 Å². The van der Waals surface area contributed by atoms with Crippen LogP contribution in [0.4, 0.5) is 4.79 Å². The molecule has 4 rings (SSSR count). The second-order valence-electron chi connectivity index (χ2n) is 8.74. The van der Waals surface area contributed by atoms with Gasteiger partial charge in [-0.2, -0.15) is 0 Å². The summed E-state index contributed by atoms with van der Waals surface area (Å²) in [6, 6.07) is 9.09. The number of carbonyl (C=O) groups excluding carboxylic acids is 2. The van der Waals surface area contributed by atoms with E-state index < -0.39 is 32.2 Å². The summed E-state index contributed by atoms with van der Waals surface area (Å²) in [5, 5.41) is 19.6. The first kappa shape index (κ1) is 21.1. The van der Waals surface area contributed by atoms with Gasteiger partial charge in [-0.25, -0.2) is 4.79 Å². The molecule has 0 radical (unpaired) electrons. The number of fused-ring (bicyclic) bond motifs is 1. The van der Waals surface area contributed by atoms with Crippen molar-refractivity contribution in [1.29, 1.82) is 0 Å². The smallest absolute Gasteiger partial charge is 0.327 e. The van der Waals surface area contributed by atoms with Crippen LogP contribution >= 0.6 is 10.0 Å². The van der Waals surface area contributed by atoms with Crippen LogP contribution in [0.5, 0.6) is 0 Å². The lowest BCUT2D eigenvalue weighted by Crippen LogP contribution is -2.57. The van der Waals surface area contributed by atoms with Crippen molar-refractivity contribution >= 4 is 27.1 Å². The van der Waals surface area contributed by atoms with Gasteiger partial charge in [0.25, 0.3) is 5.24 Å². The Morgan fingerprint density at radius 1 is 1.13 bits per heavy atom. The molecule has 8 nitrogen and oxygen atoms in total. The molecular formula is C21H29N3O5S. The van der Waals surface area contributed by atoms with Gasteiger partial charge in [0.1, 0.15) is 6.04 Å². The Balaban J connectivity index is 1.52. The molecule has 0 saturated carbocycles. The monoisotopic (exact) mass is 435 g/mol. The second-order valence-corrected chi connectivity index (χ2v) is 12.5. The zero-order valence-electron chi connectivity index (χ0n) is 17.4. The number of carboxylic acid groups (broad SMARTS) is 1. The Labute approximate surface area is 177 Å².